The number of hydrogen-bond acceptors (Lipinski definition) is 8. The minimum atomic E-state index is -1.10. The highest BCUT2D eigenvalue weighted by molar-refractivity contribution is 8.78. The van der Waals surface area contributed by atoms with Crippen LogP contribution in [0.2, 0.25) is 0 Å². The third-order valence-corrected chi connectivity index (χ3v) is 10.0. The molecule has 0 saturated carbocycles. The molecular weight excluding hydrogens is 414 g/mol. The van der Waals surface area contributed by atoms with Crippen molar-refractivity contribution in [3.05, 3.63) is 17.7 Å². The zero-order valence-electron chi connectivity index (χ0n) is 16.3. The molecule has 4 atom stereocenters. The third-order valence-electron chi connectivity index (χ3n) is 6.35. The molecule has 5 heterocycles. The van der Waals surface area contributed by atoms with Crippen molar-refractivity contribution < 1.29 is 23.8 Å². The first-order chi connectivity index (χ1) is 13.7. The van der Waals surface area contributed by atoms with E-state index in [0.717, 1.165) is 0 Å². The Labute approximate surface area is 175 Å². The molecule has 152 valence electrons. The van der Waals surface area contributed by atoms with E-state index in [4.69, 9.17) is 14.2 Å². The molecule has 1 aromatic rings. The van der Waals surface area contributed by atoms with Crippen LogP contribution in [0.3, 0.4) is 0 Å². The molecule has 6 rings (SSSR count). The lowest BCUT2D eigenvalue weighted by atomic mass is 9.79. The van der Waals surface area contributed by atoms with E-state index in [2.05, 4.69) is 6.07 Å². The molecule has 5 aliphatic heterocycles. The topological polar surface area (TPSA) is 92.1 Å². The van der Waals surface area contributed by atoms with Gasteiger partial charge in [-0.1, -0.05) is 21.6 Å². The fourth-order valence-electron chi connectivity index (χ4n) is 4.73. The molecule has 4 saturated heterocycles. The van der Waals surface area contributed by atoms with E-state index in [1.165, 1.54) is 33.6 Å². The Kier molecular flexibility index (Phi) is 3.67. The van der Waals surface area contributed by atoms with Crippen molar-refractivity contribution in [3.8, 4) is 23.3 Å². The quantitative estimate of drug-likeness (QED) is 0.657. The molecule has 5 aliphatic rings. The van der Waals surface area contributed by atoms with Gasteiger partial charge in [-0.05, 0) is 31.5 Å². The van der Waals surface area contributed by atoms with Gasteiger partial charge in [0.2, 0.25) is 12.5 Å². The number of nitrogens with zero attached hydrogens (tertiary/aromatic N) is 3. The maximum absolute atomic E-state index is 13.6. The summed E-state index contributed by atoms with van der Waals surface area (Å²) >= 11 is 0. The van der Waals surface area contributed by atoms with E-state index in [1.807, 2.05) is 6.92 Å². The Morgan fingerprint density at radius 2 is 2.00 bits per heavy atom. The summed E-state index contributed by atoms with van der Waals surface area (Å²) in [6.07, 6.45) is 0.251. The van der Waals surface area contributed by atoms with Gasteiger partial charge < -0.3 is 24.0 Å². The van der Waals surface area contributed by atoms with E-state index >= 15 is 0 Å². The lowest BCUT2D eigenvalue weighted by molar-refractivity contribution is -0.164. The highest BCUT2D eigenvalue weighted by Crippen LogP contribution is 2.69. The number of likely N-dealkylation sites (N-methyl/N-ethyl adjacent to an activating group) is 1. The van der Waals surface area contributed by atoms with Crippen LogP contribution in [0, 0.1) is 16.7 Å². The number of hydrogen-bond donors (Lipinski definition) is 0. The van der Waals surface area contributed by atoms with Crippen LogP contribution in [0.4, 0.5) is 0 Å². The Bertz CT molecular complexity index is 1010. The minimum absolute atomic E-state index is 0.0791. The summed E-state index contributed by atoms with van der Waals surface area (Å²) in [6.45, 7) is 3.65. The molecule has 8 nitrogen and oxygen atoms in total. The van der Waals surface area contributed by atoms with Crippen LogP contribution in [-0.4, -0.2) is 52.3 Å². The second-order valence-electron chi connectivity index (χ2n) is 8.04. The predicted octanol–water partition coefficient (Wildman–Crippen LogP) is 2.51. The molecule has 10 heteroatoms. The van der Waals surface area contributed by atoms with Crippen molar-refractivity contribution in [2.45, 2.75) is 36.1 Å². The number of carbonyl (C=O) groups is 2. The molecule has 0 aromatic heterocycles. The average Bonchev–Trinajstić information content (AvgIpc) is 3.29. The standard InChI is InChI=1S/C19H19N3O5S2/c1-17(8-20)7-19-16(24)21(3)18(2,28-29-19)15(23)22(19)14(17)10-5-11(25-4)13-12(6-10)26-9-27-13/h5-6,14H,7,9H2,1-4H3/t14-,17+,18-,19-/m0/s1. The van der Waals surface area contributed by atoms with Crippen molar-refractivity contribution in [2.75, 3.05) is 21.0 Å². The number of piperazine rings is 1. The van der Waals surface area contributed by atoms with Gasteiger partial charge in [0.15, 0.2) is 21.2 Å². The van der Waals surface area contributed by atoms with E-state index in [-0.39, 0.29) is 25.0 Å². The van der Waals surface area contributed by atoms with Crippen LogP contribution in [-0.2, 0) is 9.59 Å². The smallest absolute Gasteiger partial charge is 0.261 e. The average molecular weight is 434 g/mol. The molecule has 0 N–H and O–H groups in total. The zero-order chi connectivity index (χ0) is 20.8. The number of methoxy groups -OCH3 is 1. The molecule has 0 radical (unpaired) electrons. The number of rotatable bonds is 2. The SMILES string of the molecule is COc1cc([C@@H]2N3C(=O)[C@]4(C)SS[C@@]3(C[C@]2(C)C#N)C(=O)N4C)cc2c1OCO2. The largest absolute Gasteiger partial charge is 0.493 e. The van der Waals surface area contributed by atoms with Crippen LogP contribution in [0.5, 0.6) is 17.2 Å². The van der Waals surface area contributed by atoms with Crippen LogP contribution in [0.1, 0.15) is 31.9 Å². The monoisotopic (exact) mass is 433 g/mol. The van der Waals surface area contributed by atoms with Gasteiger partial charge in [-0.25, -0.2) is 0 Å². The van der Waals surface area contributed by atoms with Gasteiger partial charge in [0.25, 0.3) is 11.8 Å². The molecule has 29 heavy (non-hydrogen) atoms. The lowest BCUT2D eigenvalue weighted by Crippen LogP contribution is -2.73. The summed E-state index contributed by atoms with van der Waals surface area (Å²) < 4.78 is 16.5. The first kappa shape index (κ1) is 18.8. The van der Waals surface area contributed by atoms with E-state index < -0.39 is 21.2 Å². The molecule has 2 bridgehead atoms. The number of fused-ring (bicyclic) bond motifs is 3. The zero-order valence-corrected chi connectivity index (χ0v) is 18.0. The van der Waals surface area contributed by atoms with Crippen molar-refractivity contribution in [3.63, 3.8) is 0 Å². The molecule has 1 spiro atoms. The Hall–Kier alpha value is -2.25. The van der Waals surface area contributed by atoms with Gasteiger partial charge in [0, 0.05) is 13.5 Å². The maximum atomic E-state index is 13.6. The van der Waals surface area contributed by atoms with Crippen molar-refractivity contribution in [2.24, 2.45) is 5.41 Å². The first-order valence-corrected chi connectivity index (χ1v) is 11.2. The van der Waals surface area contributed by atoms with Gasteiger partial charge in [-0.15, -0.1) is 0 Å². The molecular formula is C19H19N3O5S2. The number of nitriles is 1. The van der Waals surface area contributed by atoms with Crippen molar-refractivity contribution in [1.29, 1.82) is 5.26 Å². The molecule has 4 fully saturated rings. The Morgan fingerprint density at radius 1 is 1.24 bits per heavy atom. The fourth-order valence-corrected chi connectivity index (χ4v) is 8.31. The summed E-state index contributed by atoms with van der Waals surface area (Å²) in [4.78, 5) is 28.0. The van der Waals surface area contributed by atoms with Crippen molar-refractivity contribution in [1.82, 2.24) is 9.80 Å². The lowest BCUT2D eigenvalue weighted by Gasteiger charge is -2.57. The van der Waals surface area contributed by atoms with Crippen LogP contribution in [0.25, 0.3) is 0 Å². The van der Waals surface area contributed by atoms with Crippen LogP contribution < -0.4 is 14.2 Å². The van der Waals surface area contributed by atoms with Gasteiger partial charge in [-0.3, -0.25) is 9.59 Å². The minimum Gasteiger partial charge on any atom is -0.493 e. The second-order valence-corrected chi connectivity index (χ2v) is 10.8. The summed E-state index contributed by atoms with van der Waals surface area (Å²) in [6, 6.07) is 5.34. The number of amides is 2. The van der Waals surface area contributed by atoms with Crippen LogP contribution in [0.15, 0.2) is 12.1 Å². The van der Waals surface area contributed by atoms with Crippen LogP contribution >= 0.6 is 21.6 Å². The predicted molar refractivity (Wildman–Crippen MR) is 106 cm³/mol. The first-order valence-electron chi connectivity index (χ1n) is 9.09. The molecule has 1 aromatic carbocycles. The summed E-state index contributed by atoms with van der Waals surface area (Å²) in [7, 11) is 5.97. The normalized spacial score (nSPS) is 37.0. The van der Waals surface area contributed by atoms with Gasteiger partial charge >= 0.3 is 0 Å². The van der Waals surface area contributed by atoms with Gasteiger partial charge in [-0.2, -0.15) is 5.26 Å². The molecule has 2 amide bonds. The van der Waals surface area contributed by atoms with E-state index in [0.29, 0.717) is 22.8 Å². The number of benzene rings is 1. The summed E-state index contributed by atoms with van der Waals surface area (Å²) in [5.41, 5.74) is -0.272. The van der Waals surface area contributed by atoms with Crippen molar-refractivity contribution >= 4 is 33.4 Å². The van der Waals surface area contributed by atoms with Gasteiger partial charge in [0.1, 0.15) is 0 Å². The Balaban J connectivity index is 1.73. The summed E-state index contributed by atoms with van der Waals surface area (Å²) in [5, 5.41) is 10.1. The van der Waals surface area contributed by atoms with E-state index in [9.17, 15) is 14.9 Å². The molecule has 0 unspecified atom stereocenters. The summed E-state index contributed by atoms with van der Waals surface area (Å²) in [5.74, 6) is 1.18. The highest BCUT2D eigenvalue weighted by Gasteiger charge is 2.74. The maximum Gasteiger partial charge on any atom is 0.261 e. The van der Waals surface area contributed by atoms with E-state index in [1.54, 1.807) is 31.0 Å². The number of carbonyl (C=O) groups excluding carboxylic acids is 2. The number of ether oxygens (including phenoxy) is 3. The highest BCUT2D eigenvalue weighted by atomic mass is 33.1. The fraction of sp³-hybridized carbons (Fsp3) is 0.526. The molecule has 0 aliphatic carbocycles. The third kappa shape index (κ3) is 2.07. The van der Waals surface area contributed by atoms with Gasteiger partial charge in [0.05, 0.1) is 24.6 Å². The second kappa shape index (κ2) is 5.67. The Morgan fingerprint density at radius 3 is 2.69 bits per heavy atom.